The van der Waals surface area contributed by atoms with Crippen LogP contribution in [0.1, 0.15) is 25.7 Å². The average molecular weight is 262 g/mol. The summed E-state index contributed by atoms with van der Waals surface area (Å²) in [6.07, 6.45) is 4.91. The molecule has 3 rings (SSSR count). The second-order valence-corrected chi connectivity index (χ2v) is 6.12. The van der Waals surface area contributed by atoms with Gasteiger partial charge in [-0.25, -0.2) is 0 Å². The first kappa shape index (κ1) is 12.1. The molecule has 0 radical (unpaired) electrons. The summed E-state index contributed by atoms with van der Waals surface area (Å²) in [5.41, 5.74) is 0.859. The van der Waals surface area contributed by atoms with Crippen LogP contribution in [0.3, 0.4) is 0 Å². The van der Waals surface area contributed by atoms with Gasteiger partial charge in [-0.05, 0) is 61.2 Å². The number of amides is 1. The number of carbonyl (C=O) groups excluding carboxylic acids is 1. The van der Waals surface area contributed by atoms with Crippen molar-refractivity contribution in [2.45, 2.75) is 30.6 Å². The molecule has 0 spiro atoms. The molecule has 2 saturated carbocycles. The summed E-state index contributed by atoms with van der Waals surface area (Å²) in [4.78, 5) is 13.2. The van der Waals surface area contributed by atoms with Crippen molar-refractivity contribution in [1.29, 1.82) is 0 Å². The van der Waals surface area contributed by atoms with Gasteiger partial charge in [0.25, 0.3) is 0 Å². The minimum absolute atomic E-state index is 0.196. The van der Waals surface area contributed by atoms with E-state index in [1.807, 2.05) is 24.3 Å². The minimum Gasteiger partial charge on any atom is -0.326 e. The van der Waals surface area contributed by atoms with Crippen LogP contribution in [-0.2, 0) is 4.79 Å². The molecule has 0 saturated heterocycles. The van der Waals surface area contributed by atoms with Gasteiger partial charge < -0.3 is 5.32 Å². The predicted octanol–water partition coefficient (Wildman–Crippen LogP) is 3.03. The largest absolute Gasteiger partial charge is 0.326 e. The summed E-state index contributed by atoms with van der Waals surface area (Å²) in [5, 5.41) is 8.56. The van der Waals surface area contributed by atoms with E-state index >= 15 is 0 Å². The Kier molecular flexibility index (Phi) is 3.31. The number of fused-ring (bicyclic) bond motifs is 2. The smallest absolute Gasteiger partial charge is 0.227 e. The molecule has 1 amide bonds. The highest BCUT2D eigenvalue weighted by Crippen LogP contribution is 2.48. The topological polar surface area (TPSA) is 55.1 Å². The highest BCUT2D eigenvalue weighted by atomic mass is 32.2. The molecule has 4 heteroatoms. The zero-order valence-corrected chi connectivity index (χ0v) is 11.1. The number of nitrogens with one attached hydrogen (secondary N) is 1. The molecule has 3 atom stereocenters. The Morgan fingerprint density at radius 2 is 2.22 bits per heavy atom. The van der Waals surface area contributed by atoms with Crippen molar-refractivity contribution in [2.75, 3.05) is 5.32 Å². The van der Waals surface area contributed by atoms with Gasteiger partial charge >= 0.3 is 0 Å². The standard InChI is InChI=1S/C14H18N2OS/c15-18-12-3-1-2-11(8-12)16-14(17)13-7-9-4-5-10(13)6-9/h1-3,8-10,13H,4-7,15H2,(H,16,17)/t9?,10?,13-/m0/s1. The molecule has 96 valence electrons. The third-order valence-corrected chi connectivity index (χ3v) is 4.84. The fourth-order valence-corrected chi connectivity index (χ4v) is 3.80. The van der Waals surface area contributed by atoms with E-state index in [2.05, 4.69) is 5.32 Å². The molecule has 1 aromatic rings. The SMILES string of the molecule is NSc1cccc(NC(=O)[C@H]2CC3CCC2C3)c1. The number of nitrogens with two attached hydrogens (primary N) is 1. The van der Waals surface area contributed by atoms with Crippen LogP contribution in [0.5, 0.6) is 0 Å². The Morgan fingerprint density at radius 1 is 1.33 bits per heavy atom. The van der Waals surface area contributed by atoms with Crippen molar-refractivity contribution in [3.8, 4) is 0 Å². The maximum absolute atomic E-state index is 12.3. The number of hydrogen-bond donors (Lipinski definition) is 2. The van der Waals surface area contributed by atoms with E-state index in [1.54, 1.807) is 0 Å². The highest BCUT2D eigenvalue weighted by Gasteiger charge is 2.42. The zero-order valence-electron chi connectivity index (χ0n) is 10.3. The average Bonchev–Trinajstić information content (AvgIpc) is 3.01. The Labute approximate surface area is 112 Å². The second kappa shape index (κ2) is 4.94. The summed E-state index contributed by atoms with van der Waals surface area (Å²) in [7, 11) is 0. The molecular formula is C14H18N2OS. The van der Waals surface area contributed by atoms with Crippen LogP contribution in [0.2, 0.25) is 0 Å². The van der Waals surface area contributed by atoms with E-state index in [4.69, 9.17) is 5.14 Å². The third-order valence-electron chi connectivity index (χ3n) is 4.31. The van der Waals surface area contributed by atoms with E-state index in [9.17, 15) is 4.79 Å². The number of hydrogen-bond acceptors (Lipinski definition) is 3. The van der Waals surface area contributed by atoms with Gasteiger partial charge in [-0.1, -0.05) is 12.5 Å². The Hall–Kier alpha value is -1.00. The van der Waals surface area contributed by atoms with Gasteiger partial charge in [-0.15, -0.1) is 0 Å². The van der Waals surface area contributed by atoms with E-state index in [0.29, 0.717) is 5.92 Å². The van der Waals surface area contributed by atoms with Crippen LogP contribution in [0.25, 0.3) is 0 Å². The van der Waals surface area contributed by atoms with Gasteiger partial charge in [-0.3, -0.25) is 9.93 Å². The van der Waals surface area contributed by atoms with Crippen LogP contribution in [0.15, 0.2) is 29.2 Å². The van der Waals surface area contributed by atoms with Crippen LogP contribution in [0, 0.1) is 17.8 Å². The Balaban J connectivity index is 1.67. The lowest BCUT2D eigenvalue weighted by Gasteiger charge is -2.20. The van der Waals surface area contributed by atoms with E-state index in [0.717, 1.165) is 22.9 Å². The molecule has 3 nitrogen and oxygen atoms in total. The number of anilines is 1. The fraction of sp³-hybridized carbons (Fsp3) is 0.500. The lowest BCUT2D eigenvalue weighted by molar-refractivity contribution is -0.121. The fourth-order valence-electron chi connectivity index (χ4n) is 3.45. The Morgan fingerprint density at radius 3 is 2.89 bits per heavy atom. The first-order valence-corrected chi connectivity index (χ1v) is 7.42. The number of rotatable bonds is 3. The molecule has 3 N–H and O–H groups in total. The van der Waals surface area contributed by atoms with E-state index < -0.39 is 0 Å². The molecule has 2 bridgehead atoms. The predicted molar refractivity (Wildman–Crippen MR) is 74.1 cm³/mol. The van der Waals surface area contributed by atoms with Gasteiger partial charge in [0.1, 0.15) is 0 Å². The zero-order chi connectivity index (χ0) is 12.5. The first-order chi connectivity index (χ1) is 8.76. The highest BCUT2D eigenvalue weighted by molar-refractivity contribution is 7.97. The number of carbonyl (C=O) groups is 1. The van der Waals surface area contributed by atoms with Gasteiger partial charge in [0.2, 0.25) is 5.91 Å². The third kappa shape index (κ3) is 2.27. The molecule has 0 heterocycles. The summed E-state index contributed by atoms with van der Waals surface area (Å²) >= 11 is 1.20. The van der Waals surface area contributed by atoms with Gasteiger partial charge in [0.05, 0.1) is 0 Å². The van der Waals surface area contributed by atoms with E-state index in [1.165, 1.54) is 31.2 Å². The molecule has 18 heavy (non-hydrogen) atoms. The molecule has 2 aliphatic rings. The molecular weight excluding hydrogens is 244 g/mol. The lowest BCUT2D eigenvalue weighted by atomic mass is 9.88. The molecule has 1 aromatic carbocycles. The van der Waals surface area contributed by atoms with Crippen LogP contribution in [-0.4, -0.2) is 5.91 Å². The van der Waals surface area contributed by atoms with Crippen molar-refractivity contribution in [1.82, 2.24) is 0 Å². The first-order valence-electron chi connectivity index (χ1n) is 6.54. The van der Waals surface area contributed by atoms with Crippen molar-refractivity contribution < 1.29 is 4.79 Å². The minimum atomic E-state index is 0.196. The summed E-state index contributed by atoms with van der Waals surface area (Å²) in [6, 6.07) is 7.71. The van der Waals surface area contributed by atoms with Gasteiger partial charge in [0, 0.05) is 16.5 Å². The quantitative estimate of drug-likeness (QED) is 0.823. The molecule has 2 aliphatic carbocycles. The van der Waals surface area contributed by atoms with Gasteiger partial charge in [-0.2, -0.15) is 0 Å². The van der Waals surface area contributed by atoms with Gasteiger partial charge in [0.15, 0.2) is 0 Å². The molecule has 0 aliphatic heterocycles. The second-order valence-electron chi connectivity index (χ2n) is 5.42. The van der Waals surface area contributed by atoms with E-state index in [-0.39, 0.29) is 11.8 Å². The monoisotopic (exact) mass is 262 g/mol. The normalized spacial score (nSPS) is 29.5. The number of benzene rings is 1. The van der Waals surface area contributed by atoms with Crippen molar-refractivity contribution in [3.63, 3.8) is 0 Å². The summed E-state index contributed by atoms with van der Waals surface area (Å²) in [5.74, 6) is 1.86. The van der Waals surface area contributed by atoms with Crippen molar-refractivity contribution in [2.24, 2.45) is 22.9 Å². The van der Waals surface area contributed by atoms with Crippen molar-refractivity contribution >= 4 is 23.5 Å². The van der Waals surface area contributed by atoms with Crippen LogP contribution >= 0.6 is 11.9 Å². The summed E-state index contributed by atoms with van der Waals surface area (Å²) < 4.78 is 0. The van der Waals surface area contributed by atoms with Crippen LogP contribution < -0.4 is 10.5 Å². The molecule has 0 aromatic heterocycles. The Bertz CT molecular complexity index is 463. The maximum Gasteiger partial charge on any atom is 0.227 e. The summed E-state index contributed by atoms with van der Waals surface area (Å²) in [6.45, 7) is 0. The maximum atomic E-state index is 12.3. The van der Waals surface area contributed by atoms with Crippen molar-refractivity contribution in [3.05, 3.63) is 24.3 Å². The lowest BCUT2D eigenvalue weighted by Crippen LogP contribution is -2.27. The van der Waals surface area contributed by atoms with Crippen LogP contribution in [0.4, 0.5) is 5.69 Å². The molecule has 2 unspecified atom stereocenters. The molecule has 2 fully saturated rings.